The minimum Gasteiger partial charge on any atom is -0.369 e. The first-order valence-corrected chi connectivity index (χ1v) is 8.89. The monoisotopic (exact) mass is 353 g/mol. The highest BCUT2D eigenvalue weighted by Crippen LogP contribution is 2.23. The minimum absolute atomic E-state index is 0.788. The van der Waals surface area contributed by atoms with Crippen molar-refractivity contribution >= 4 is 17.3 Å². The zero-order chi connectivity index (χ0) is 17.1. The maximum absolute atomic E-state index is 6.10. The SMILES string of the molecule is Clc1cccc(N2CCN(Cc3cc(-c4ccccc4)on3)CC2)c1. The first-order valence-electron chi connectivity index (χ1n) is 8.52. The molecule has 0 unspecified atom stereocenters. The van der Waals surface area contributed by atoms with Crippen molar-refractivity contribution in [2.45, 2.75) is 6.54 Å². The summed E-state index contributed by atoms with van der Waals surface area (Å²) >= 11 is 6.10. The number of benzene rings is 2. The molecule has 0 aliphatic carbocycles. The van der Waals surface area contributed by atoms with Crippen molar-refractivity contribution < 1.29 is 4.52 Å². The van der Waals surface area contributed by atoms with E-state index >= 15 is 0 Å². The van der Waals surface area contributed by atoms with Crippen LogP contribution in [0.4, 0.5) is 5.69 Å². The molecule has 4 nitrogen and oxygen atoms in total. The van der Waals surface area contributed by atoms with Crippen molar-refractivity contribution in [2.75, 3.05) is 31.1 Å². The van der Waals surface area contributed by atoms with Gasteiger partial charge in [-0.05, 0) is 18.2 Å². The molecule has 0 N–H and O–H groups in total. The molecule has 1 fully saturated rings. The Balaban J connectivity index is 1.35. The van der Waals surface area contributed by atoms with Crippen LogP contribution in [0.2, 0.25) is 5.02 Å². The Morgan fingerprint density at radius 1 is 0.920 bits per heavy atom. The summed E-state index contributed by atoms with van der Waals surface area (Å²) in [5.41, 5.74) is 3.24. The van der Waals surface area contributed by atoms with Gasteiger partial charge in [0.15, 0.2) is 5.76 Å². The van der Waals surface area contributed by atoms with Crippen LogP contribution in [0.1, 0.15) is 5.69 Å². The summed E-state index contributed by atoms with van der Waals surface area (Å²) in [6.07, 6.45) is 0. The molecule has 4 rings (SSSR count). The van der Waals surface area contributed by atoms with E-state index in [9.17, 15) is 0 Å². The molecule has 2 heterocycles. The average Bonchev–Trinajstić information content (AvgIpc) is 3.12. The number of rotatable bonds is 4. The zero-order valence-corrected chi connectivity index (χ0v) is 14.7. The van der Waals surface area contributed by atoms with Crippen LogP contribution in [0.5, 0.6) is 0 Å². The Morgan fingerprint density at radius 3 is 2.48 bits per heavy atom. The van der Waals surface area contributed by atoms with Crippen molar-refractivity contribution in [1.29, 1.82) is 0 Å². The van der Waals surface area contributed by atoms with E-state index in [1.54, 1.807) is 0 Å². The van der Waals surface area contributed by atoms with Crippen LogP contribution in [-0.2, 0) is 6.54 Å². The molecule has 5 heteroatoms. The van der Waals surface area contributed by atoms with Crippen LogP contribution in [0.3, 0.4) is 0 Å². The maximum Gasteiger partial charge on any atom is 0.167 e. The molecule has 0 bridgehead atoms. The Labute approximate surface area is 152 Å². The summed E-state index contributed by atoms with van der Waals surface area (Å²) < 4.78 is 5.49. The highest BCUT2D eigenvalue weighted by Gasteiger charge is 2.19. The Bertz CT molecular complexity index is 826. The second-order valence-corrected chi connectivity index (χ2v) is 6.73. The topological polar surface area (TPSA) is 32.5 Å². The number of hydrogen-bond acceptors (Lipinski definition) is 4. The summed E-state index contributed by atoms with van der Waals surface area (Å²) in [7, 11) is 0. The van der Waals surface area contributed by atoms with Gasteiger partial charge in [-0.25, -0.2) is 0 Å². The predicted molar refractivity (Wildman–Crippen MR) is 101 cm³/mol. The number of aromatic nitrogens is 1. The van der Waals surface area contributed by atoms with E-state index in [1.165, 1.54) is 5.69 Å². The van der Waals surface area contributed by atoms with Crippen LogP contribution >= 0.6 is 11.6 Å². The Hall–Kier alpha value is -2.30. The van der Waals surface area contributed by atoms with Gasteiger partial charge in [0.25, 0.3) is 0 Å². The van der Waals surface area contributed by atoms with Crippen LogP contribution in [0, 0.1) is 0 Å². The predicted octanol–water partition coefficient (Wildman–Crippen LogP) is 4.32. The molecular formula is C20H20ClN3O. The minimum atomic E-state index is 0.788. The molecule has 2 aromatic carbocycles. The Morgan fingerprint density at radius 2 is 1.72 bits per heavy atom. The largest absolute Gasteiger partial charge is 0.369 e. The summed E-state index contributed by atoms with van der Waals surface area (Å²) in [5.74, 6) is 0.827. The number of anilines is 1. The molecular weight excluding hydrogens is 334 g/mol. The molecule has 0 atom stereocenters. The van der Waals surface area contributed by atoms with E-state index in [0.29, 0.717) is 0 Å². The molecule has 1 saturated heterocycles. The first kappa shape index (κ1) is 16.2. The number of halogens is 1. The molecule has 1 aromatic heterocycles. The van der Waals surface area contributed by atoms with Crippen molar-refractivity contribution in [3.63, 3.8) is 0 Å². The smallest absolute Gasteiger partial charge is 0.167 e. The number of hydrogen-bond donors (Lipinski definition) is 0. The van der Waals surface area contributed by atoms with Crippen LogP contribution < -0.4 is 4.90 Å². The van der Waals surface area contributed by atoms with Crippen molar-refractivity contribution in [3.05, 3.63) is 71.4 Å². The molecule has 1 aliphatic heterocycles. The highest BCUT2D eigenvalue weighted by atomic mass is 35.5. The molecule has 1 aliphatic rings. The van der Waals surface area contributed by atoms with Gasteiger partial charge >= 0.3 is 0 Å². The van der Waals surface area contributed by atoms with Gasteiger partial charge in [-0.3, -0.25) is 4.90 Å². The number of piperazine rings is 1. The van der Waals surface area contributed by atoms with Crippen molar-refractivity contribution in [1.82, 2.24) is 10.1 Å². The van der Waals surface area contributed by atoms with Gasteiger partial charge < -0.3 is 9.42 Å². The maximum atomic E-state index is 6.10. The molecule has 0 saturated carbocycles. The summed E-state index contributed by atoms with van der Waals surface area (Å²) in [6.45, 7) is 4.80. The van der Waals surface area contributed by atoms with Crippen molar-refractivity contribution in [2.24, 2.45) is 0 Å². The first-order chi connectivity index (χ1) is 12.3. The van der Waals surface area contributed by atoms with Gasteiger partial charge in [0.05, 0.1) is 5.69 Å². The van der Waals surface area contributed by atoms with Gasteiger partial charge in [-0.1, -0.05) is 53.2 Å². The molecule has 25 heavy (non-hydrogen) atoms. The van der Waals surface area contributed by atoms with Gasteiger partial charge in [0, 0.05) is 55.1 Å². The fraction of sp³-hybridized carbons (Fsp3) is 0.250. The highest BCUT2D eigenvalue weighted by molar-refractivity contribution is 6.30. The van der Waals surface area contributed by atoms with Gasteiger partial charge in [0.2, 0.25) is 0 Å². The quantitative estimate of drug-likeness (QED) is 0.699. The van der Waals surface area contributed by atoms with E-state index < -0.39 is 0 Å². The molecule has 0 amide bonds. The molecule has 3 aromatic rings. The average molecular weight is 354 g/mol. The van der Waals surface area contributed by atoms with Gasteiger partial charge in [-0.15, -0.1) is 0 Å². The second-order valence-electron chi connectivity index (χ2n) is 6.29. The Kier molecular flexibility index (Phi) is 4.72. The van der Waals surface area contributed by atoms with E-state index in [1.807, 2.05) is 54.6 Å². The lowest BCUT2D eigenvalue weighted by molar-refractivity contribution is 0.242. The van der Waals surface area contributed by atoms with E-state index in [4.69, 9.17) is 16.1 Å². The van der Waals surface area contributed by atoms with E-state index in [0.717, 1.165) is 54.8 Å². The third-order valence-electron chi connectivity index (χ3n) is 4.55. The number of nitrogens with zero attached hydrogens (tertiary/aromatic N) is 3. The fourth-order valence-electron chi connectivity index (χ4n) is 3.19. The van der Waals surface area contributed by atoms with Gasteiger partial charge in [-0.2, -0.15) is 0 Å². The van der Waals surface area contributed by atoms with Crippen LogP contribution in [-0.4, -0.2) is 36.2 Å². The molecule has 0 radical (unpaired) electrons. The van der Waals surface area contributed by atoms with Crippen molar-refractivity contribution in [3.8, 4) is 11.3 Å². The normalized spacial score (nSPS) is 15.5. The lowest BCUT2D eigenvalue weighted by Crippen LogP contribution is -2.46. The molecule has 0 spiro atoms. The summed E-state index contributed by atoms with van der Waals surface area (Å²) in [4.78, 5) is 4.79. The third kappa shape index (κ3) is 3.86. The standard InChI is InChI=1S/C20H20ClN3O/c21-17-7-4-8-19(13-17)24-11-9-23(10-12-24)15-18-14-20(25-22-18)16-5-2-1-3-6-16/h1-8,13-14H,9-12,15H2. The van der Waals surface area contributed by atoms with Crippen LogP contribution in [0.25, 0.3) is 11.3 Å². The van der Waals surface area contributed by atoms with E-state index in [-0.39, 0.29) is 0 Å². The van der Waals surface area contributed by atoms with Gasteiger partial charge in [0.1, 0.15) is 0 Å². The molecule has 128 valence electrons. The van der Waals surface area contributed by atoms with Crippen LogP contribution in [0.15, 0.2) is 65.2 Å². The fourth-order valence-corrected chi connectivity index (χ4v) is 3.38. The lowest BCUT2D eigenvalue weighted by atomic mass is 10.1. The van der Waals surface area contributed by atoms with E-state index in [2.05, 4.69) is 21.0 Å². The zero-order valence-electron chi connectivity index (χ0n) is 13.9. The lowest BCUT2D eigenvalue weighted by Gasteiger charge is -2.35. The third-order valence-corrected chi connectivity index (χ3v) is 4.78. The second kappa shape index (κ2) is 7.30. The summed E-state index contributed by atoms with van der Waals surface area (Å²) in [6, 6.07) is 20.2. The summed E-state index contributed by atoms with van der Waals surface area (Å²) in [5, 5.41) is 5.02.